The van der Waals surface area contributed by atoms with Crippen LogP contribution in [0.1, 0.15) is 21.6 Å². The van der Waals surface area contributed by atoms with E-state index in [0.717, 1.165) is 19.5 Å². The highest BCUT2D eigenvalue weighted by Crippen LogP contribution is 2.20. The molecule has 156 valence electrons. The zero-order valence-corrected chi connectivity index (χ0v) is 17.0. The number of anilines is 1. The number of nitrogens with zero attached hydrogens (tertiary/aromatic N) is 3. The van der Waals surface area contributed by atoms with Crippen LogP contribution in [0.3, 0.4) is 0 Å². The van der Waals surface area contributed by atoms with Crippen LogP contribution in [0.15, 0.2) is 61.1 Å². The average molecular weight is 406 g/mol. The van der Waals surface area contributed by atoms with Gasteiger partial charge in [0.15, 0.2) is 0 Å². The van der Waals surface area contributed by atoms with E-state index < -0.39 is 6.10 Å². The molecule has 0 fully saturated rings. The Hall–Kier alpha value is -3.16. The van der Waals surface area contributed by atoms with Crippen LogP contribution in [0.25, 0.3) is 0 Å². The Morgan fingerprint density at radius 3 is 2.87 bits per heavy atom. The van der Waals surface area contributed by atoms with Crippen molar-refractivity contribution in [3.05, 3.63) is 77.9 Å². The number of aliphatic hydroxyl groups is 1. The summed E-state index contributed by atoms with van der Waals surface area (Å²) in [6.45, 7) is 2.54. The molecule has 2 heterocycles. The van der Waals surface area contributed by atoms with Gasteiger partial charge in [-0.3, -0.25) is 9.69 Å². The first-order valence-electron chi connectivity index (χ1n) is 10.1. The highest BCUT2D eigenvalue weighted by atomic mass is 16.5. The van der Waals surface area contributed by atoms with Gasteiger partial charge in [0.2, 0.25) is 0 Å². The molecule has 7 nitrogen and oxygen atoms in total. The molecule has 1 aliphatic rings. The Balaban J connectivity index is 1.28. The summed E-state index contributed by atoms with van der Waals surface area (Å²) in [6.07, 6.45) is 3.51. The smallest absolute Gasteiger partial charge is 0.273 e. The van der Waals surface area contributed by atoms with Crippen LogP contribution in [0.5, 0.6) is 5.75 Å². The predicted octanol–water partition coefficient (Wildman–Crippen LogP) is 2.47. The van der Waals surface area contributed by atoms with Gasteiger partial charge in [-0.15, -0.1) is 0 Å². The normalized spacial score (nSPS) is 14.7. The maximum atomic E-state index is 12.3. The van der Waals surface area contributed by atoms with Gasteiger partial charge >= 0.3 is 0 Å². The number of ether oxygens (including phenoxy) is 1. The molecule has 7 heteroatoms. The molecule has 2 N–H and O–H groups in total. The number of carbonyl (C=O) groups is 1. The monoisotopic (exact) mass is 406 g/mol. The second kappa shape index (κ2) is 9.11. The third-order valence-corrected chi connectivity index (χ3v) is 5.26. The minimum Gasteiger partial charge on any atom is -0.491 e. The van der Waals surface area contributed by atoms with E-state index >= 15 is 0 Å². The molecule has 0 radical (unpaired) electrons. The number of hydrogen-bond donors (Lipinski definition) is 2. The molecule has 1 aliphatic heterocycles. The van der Waals surface area contributed by atoms with Gasteiger partial charge in [0.25, 0.3) is 5.91 Å². The van der Waals surface area contributed by atoms with Crippen molar-refractivity contribution in [2.75, 3.05) is 25.0 Å². The fraction of sp³-hybridized carbons (Fsp3) is 0.304. The molecule has 0 aliphatic carbocycles. The third kappa shape index (κ3) is 4.87. The van der Waals surface area contributed by atoms with E-state index in [4.69, 9.17) is 4.74 Å². The van der Waals surface area contributed by atoms with Crippen LogP contribution < -0.4 is 10.1 Å². The summed E-state index contributed by atoms with van der Waals surface area (Å²) in [5.74, 6) is 0.360. The number of aromatic nitrogens is 2. The van der Waals surface area contributed by atoms with Gasteiger partial charge in [0.05, 0.1) is 12.5 Å². The predicted molar refractivity (Wildman–Crippen MR) is 115 cm³/mol. The van der Waals surface area contributed by atoms with Crippen LogP contribution in [0.4, 0.5) is 5.69 Å². The largest absolute Gasteiger partial charge is 0.491 e. The van der Waals surface area contributed by atoms with Gasteiger partial charge < -0.3 is 19.7 Å². The first-order valence-corrected chi connectivity index (χ1v) is 10.1. The highest BCUT2D eigenvalue weighted by Gasteiger charge is 2.19. The number of amides is 1. The average Bonchev–Trinajstić information content (AvgIpc) is 3.18. The van der Waals surface area contributed by atoms with Crippen molar-refractivity contribution >= 4 is 11.6 Å². The van der Waals surface area contributed by atoms with Gasteiger partial charge in [-0.05, 0) is 29.7 Å². The summed E-state index contributed by atoms with van der Waals surface area (Å²) in [5, 5.41) is 13.3. The van der Waals surface area contributed by atoms with E-state index in [1.54, 1.807) is 30.1 Å². The minimum absolute atomic E-state index is 0.192. The van der Waals surface area contributed by atoms with Gasteiger partial charge in [0, 0.05) is 38.4 Å². The van der Waals surface area contributed by atoms with Crippen molar-refractivity contribution in [1.29, 1.82) is 0 Å². The van der Waals surface area contributed by atoms with Crippen molar-refractivity contribution in [2.24, 2.45) is 7.05 Å². The lowest BCUT2D eigenvalue weighted by Gasteiger charge is -2.30. The van der Waals surface area contributed by atoms with E-state index in [2.05, 4.69) is 39.5 Å². The van der Waals surface area contributed by atoms with Gasteiger partial charge in [-0.2, -0.15) is 0 Å². The molecule has 0 saturated heterocycles. The van der Waals surface area contributed by atoms with Crippen LogP contribution >= 0.6 is 0 Å². The Bertz CT molecular complexity index is 1020. The Kier molecular flexibility index (Phi) is 6.11. The molecule has 3 aromatic rings. The molecular weight excluding hydrogens is 380 g/mol. The number of hydrogen-bond acceptors (Lipinski definition) is 5. The molecule has 0 bridgehead atoms. The number of aliphatic hydroxyl groups excluding tert-OH is 1. The molecule has 1 aromatic heterocycles. The molecule has 4 rings (SSSR count). The van der Waals surface area contributed by atoms with Crippen LogP contribution in [0.2, 0.25) is 0 Å². The number of benzene rings is 2. The van der Waals surface area contributed by atoms with Crippen LogP contribution in [-0.2, 0) is 20.0 Å². The zero-order valence-electron chi connectivity index (χ0n) is 17.0. The van der Waals surface area contributed by atoms with Crippen molar-refractivity contribution < 1.29 is 14.6 Å². The molecule has 30 heavy (non-hydrogen) atoms. The van der Waals surface area contributed by atoms with Gasteiger partial charge in [-0.1, -0.05) is 30.3 Å². The number of fused-ring (bicyclic) bond motifs is 1. The molecule has 0 saturated carbocycles. The van der Waals surface area contributed by atoms with E-state index in [9.17, 15) is 9.90 Å². The van der Waals surface area contributed by atoms with Gasteiger partial charge in [-0.25, -0.2) is 4.98 Å². The lowest BCUT2D eigenvalue weighted by molar-refractivity contribution is 0.0638. The maximum absolute atomic E-state index is 12.3. The number of aryl methyl sites for hydroxylation is 1. The number of nitrogens with one attached hydrogen (secondary N) is 1. The first-order chi connectivity index (χ1) is 14.6. The molecule has 0 spiro atoms. The number of imidazole rings is 1. The van der Waals surface area contributed by atoms with Crippen LogP contribution in [0, 0.1) is 0 Å². The van der Waals surface area contributed by atoms with Gasteiger partial charge in [0.1, 0.15) is 24.2 Å². The molecule has 1 atom stereocenters. The number of rotatable bonds is 7. The summed E-state index contributed by atoms with van der Waals surface area (Å²) >= 11 is 0. The second-order valence-electron chi connectivity index (χ2n) is 7.59. The lowest BCUT2D eigenvalue weighted by atomic mass is 10.00. The van der Waals surface area contributed by atoms with E-state index in [1.807, 2.05) is 12.1 Å². The summed E-state index contributed by atoms with van der Waals surface area (Å²) in [7, 11) is 1.77. The molecular formula is C23H26N4O3. The van der Waals surface area contributed by atoms with Crippen molar-refractivity contribution in [3.63, 3.8) is 0 Å². The number of carbonyl (C=O) groups excluding carboxylic acids is 1. The van der Waals surface area contributed by atoms with Crippen molar-refractivity contribution in [1.82, 2.24) is 14.5 Å². The summed E-state index contributed by atoms with van der Waals surface area (Å²) in [6, 6.07) is 15.6. The minimum atomic E-state index is -0.594. The fourth-order valence-electron chi connectivity index (χ4n) is 3.69. The number of β-amino-alcohol motifs (C(OH)–C–C–N with tert-alkyl or cyclic N) is 1. The third-order valence-electron chi connectivity index (χ3n) is 5.26. The Morgan fingerprint density at radius 1 is 1.23 bits per heavy atom. The summed E-state index contributed by atoms with van der Waals surface area (Å²) < 4.78 is 7.43. The SMILES string of the molecule is Cn1cncc1C(=O)Nc1cccc(OC[C@H](O)CN2CCc3ccccc3C2)c1. The Labute approximate surface area is 175 Å². The van der Waals surface area contributed by atoms with Crippen molar-refractivity contribution in [3.8, 4) is 5.75 Å². The standard InChI is InChI=1S/C23H26N4O3/c1-26-16-24-12-22(26)23(29)25-19-7-4-8-21(11-19)30-15-20(28)14-27-10-9-17-5-2-3-6-18(17)13-27/h2-8,11-12,16,20,28H,9-10,13-15H2,1H3,(H,25,29)/t20-/m1/s1. The fourth-order valence-corrected chi connectivity index (χ4v) is 3.69. The summed E-state index contributed by atoms with van der Waals surface area (Å²) in [5.41, 5.74) is 3.82. The zero-order chi connectivity index (χ0) is 20.9. The molecule has 0 unspecified atom stereocenters. The lowest BCUT2D eigenvalue weighted by Crippen LogP contribution is -2.38. The summed E-state index contributed by atoms with van der Waals surface area (Å²) in [4.78, 5) is 18.5. The quantitative estimate of drug-likeness (QED) is 0.630. The Morgan fingerprint density at radius 2 is 2.07 bits per heavy atom. The molecule has 2 aromatic carbocycles. The second-order valence-corrected chi connectivity index (χ2v) is 7.59. The topological polar surface area (TPSA) is 79.6 Å². The van der Waals surface area contributed by atoms with E-state index in [-0.39, 0.29) is 12.5 Å². The van der Waals surface area contributed by atoms with E-state index in [0.29, 0.717) is 23.7 Å². The molecule has 1 amide bonds. The van der Waals surface area contributed by atoms with Crippen molar-refractivity contribution in [2.45, 2.75) is 19.1 Å². The highest BCUT2D eigenvalue weighted by molar-refractivity contribution is 6.03. The van der Waals surface area contributed by atoms with E-state index in [1.165, 1.54) is 17.3 Å². The maximum Gasteiger partial charge on any atom is 0.273 e. The first kappa shape index (κ1) is 20.1. The van der Waals surface area contributed by atoms with Crippen LogP contribution in [-0.4, -0.2) is 51.3 Å².